The van der Waals surface area contributed by atoms with Crippen LogP contribution in [0.5, 0.6) is 0 Å². The molecule has 1 aromatic heterocycles. The van der Waals surface area contributed by atoms with Crippen molar-refractivity contribution >= 4 is 16.9 Å². The highest BCUT2D eigenvalue weighted by Gasteiger charge is 2.22. The zero-order valence-corrected chi connectivity index (χ0v) is 15.0. The van der Waals surface area contributed by atoms with Crippen molar-refractivity contribution in [3.05, 3.63) is 53.6 Å². The molecule has 26 heavy (non-hydrogen) atoms. The predicted octanol–water partition coefficient (Wildman–Crippen LogP) is 3.88. The zero-order chi connectivity index (χ0) is 18.1. The van der Waals surface area contributed by atoms with Crippen LogP contribution in [0.1, 0.15) is 48.1 Å². The summed E-state index contributed by atoms with van der Waals surface area (Å²) in [6.07, 6.45) is 3.81. The van der Waals surface area contributed by atoms with E-state index in [1.54, 1.807) is 6.07 Å². The number of para-hydroxylation sites is 1. The summed E-state index contributed by atoms with van der Waals surface area (Å²) in [5.74, 6) is 0.303. The minimum atomic E-state index is -0.457. The van der Waals surface area contributed by atoms with Crippen molar-refractivity contribution in [1.82, 2.24) is 14.9 Å². The second-order valence-corrected chi connectivity index (χ2v) is 6.91. The second-order valence-electron chi connectivity index (χ2n) is 6.91. The van der Waals surface area contributed by atoms with Gasteiger partial charge in [-0.2, -0.15) is 0 Å². The molecule has 1 amide bonds. The van der Waals surface area contributed by atoms with Crippen LogP contribution >= 0.6 is 0 Å². The van der Waals surface area contributed by atoms with Crippen LogP contribution in [0.15, 0.2) is 42.5 Å². The molecular formula is C21H24N4O. The Morgan fingerprint density at radius 3 is 2.77 bits per heavy atom. The van der Waals surface area contributed by atoms with Gasteiger partial charge in [-0.05, 0) is 43.6 Å². The molecule has 0 spiro atoms. The summed E-state index contributed by atoms with van der Waals surface area (Å²) in [5, 5.41) is 0. The van der Waals surface area contributed by atoms with Crippen LogP contribution in [-0.4, -0.2) is 33.9 Å². The predicted molar refractivity (Wildman–Crippen MR) is 104 cm³/mol. The molecule has 1 saturated heterocycles. The highest BCUT2D eigenvalue weighted by atomic mass is 16.1. The molecule has 1 atom stereocenters. The summed E-state index contributed by atoms with van der Waals surface area (Å²) in [7, 11) is 0. The molecule has 1 fully saturated rings. The molecule has 3 N–H and O–H groups in total. The molecule has 2 heterocycles. The van der Waals surface area contributed by atoms with Crippen molar-refractivity contribution in [3.63, 3.8) is 0 Å². The second kappa shape index (κ2) is 6.92. The Hall–Kier alpha value is -2.66. The number of carbonyl (C=O) groups is 1. The van der Waals surface area contributed by atoms with Gasteiger partial charge in [-0.1, -0.05) is 43.7 Å². The van der Waals surface area contributed by atoms with Gasteiger partial charge in [0.1, 0.15) is 11.3 Å². The monoisotopic (exact) mass is 348 g/mol. The molecule has 5 heteroatoms. The Balaban J connectivity index is 1.66. The van der Waals surface area contributed by atoms with E-state index in [0.717, 1.165) is 23.4 Å². The SMILES string of the molecule is CCN1CCCCC1c1ccc(-c2nc3c(C(N)=O)cccc3[nH]2)cc1. The number of piperidine rings is 1. The Morgan fingerprint density at radius 1 is 1.23 bits per heavy atom. The van der Waals surface area contributed by atoms with E-state index in [1.807, 2.05) is 12.1 Å². The lowest BCUT2D eigenvalue weighted by atomic mass is 9.94. The maximum absolute atomic E-state index is 11.6. The number of benzene rings is 2. The fourth-order valence-electron chi connectivity index (χ4n) is 3.98. The third-order valence-electron chi connectivity index (χ3n) is 5.37. The van der Waals surface area contributed by atoms with Crippen molar-refractivity contribution < 1.29 is 4.79 Å². The van der Waals surface area contributed by atoms with Gasteiger partial charge in [-0.3, -0.25) is 9.69 Å². The third kappa shape index (κ3) is 2.99. The summed E-state index contributed by atoms with van der Waals surface area (Å²) in [6, 6.07) is 14.6. The van der Waals surface area contributed by atoms with E-state index in [9.17, 15) is 4.79 Å². The molecule has 4 rings (SSSR count). The number of amides is 1. The Labute approximate surface area is 153 Å². The quantitative estimate of drug-likeness (QED) is 0.751. The van der Waals surface area contributed by atoms with E-state index in [-0.39, 0.29) is 0 Å². The first-order chi connectivity index (χ1) is 12.7. The first-order valence-corrected chi connectivity index (χ1v) is 9.30. The highest BCUT2D eigenvalue weighted by Crippen LogP contribution is 2.32. The lowest BCUT2D eigenvalue weighted by Gasteiger charge is -2.35. The van der Waals surface area contributed by atoms with E-state index < -0.39 is 5.91 Å². The summed E-state index contributed by atoms with van der Waals surface area (Å²) < 4.78 is 0. The molecule has 134 valence electrons. The third-order valence-corrected chi connectivity index (χ3v) is 5.37. The topological polar surface area (TPSA) is 75.0 Å². The molecule has 1 aliphatic heterocycles. The summed E-state index contributed by atoms with van der Waals surface area (Å²) >= 11 is 0. The van der Waals surface area contributed by atoms with Gasteiger partial charge >= 0.3 is 0 Å². The summed E-state index contributed by atoms with van der Waals surface area (Å²) in [6.45, 7) is 4.51. The number of nitrogens with one attached hydrogen (secondary N) is 1. The number of hydrogen-bond acceptors (Lipinski definition) is 3. The van der Waals surface area contributed by atoms with E-state index in [0.29, 0.717) is 17.1 Å². The number of aromatic nitrogens is 2. The van der Waals surface area contributed by atoms with Crippen LogP contribution < -0.4 is 5.73 Å². The number of hydrogen-bond donors (Lipinski definition) is 2. The number of imidazole rings is 1. The van der Waals surface area contributed by atoms with E-state index in [4.69, 9.17) is 5.73 Å². The fraction of sp³-hybridized carbons (Fsp3) is 0.333. The normalized spacial score (nSPS) is 18.3. The molecule has 2 aromatic carbocycles. The molecule has 5 nitrogen and oxygen atoms in total. The van der Waals surface area contributed by atoms with Gasteiger partial charge in [0.2, 0.25) is 0 Å². The smallest absolute Gasteiger partial charge is 0.250 e. The van der Waals surface area contributed by atoms with Crippen molar-refractivity contribution in [2.75, 3.05) is 13.1 Å². The Bertz CT molecular complexity index is 929. The highest BCUT2D eigenvalue weighted by molar-refractivity contribution is 6.04. The van der Waals surface area contributed by atoms with E-state index in [1.165, 1.54) is 31.4 Å². The molecule has 1 aliphatic rings. The van der Waals surface area contributed by atoms with Gasteiger partial charge in [-0.25, -0.2) is 4.98 Å². The first kappa shape index (κ1) is 16.8. The average molecular weight is 348 g/mol. The fourth-order valence-corrected chi connectivity index (χ4v) is 3.98. The van der Waals surface area contributed by atoms with Crippen LogP contribution in [-0.2, 0) is 0 Å². The average Bonchev–Trinajstić information content (AvgIpc) is 3.12. The van der Waals surface area contributed by atoms with Crippen molar-refractivity contribution in [3.8, 4) is 11.4 Å². The van der Waals surface area contributed by atoms with Crippen LogP contribution in [0.3, 0.4) is 0 Å². The number of nitrogens with two attached hydrogens (primary N) is 1. The number of nitrogens with zero attached hydrogens (tertiary/aromatic N) is 2. The van der Waals surface area contributed by atoms with Gasteiger partial charge in [-0.15, -0.1) is 0 Å². The Kier molecular flexibility index (Phi) is 4.47. The van der Waals surface area contributed by atoms with Crippen LogP contribution in [0, 0.1) is 0 Å². The minimum absolute atomic E-state index is 0.447. The molecule has 3 aromatic rings. The number of H-pyrrole nitrogens is 1. The van der Waals surface area contributed by atoms with Gasteiger partial charge < -0.3 is 10.7 Å². The van der Waals surface area contributed by atoms with Gasteiger partial charge in [0.05, 0.1) is 11.1 Å². The molecule has 0 radical (unpaired) electrons. The molecule has 1 unspecified atom stereocenters. The number of rotatable bonds is 4. The van der Waals surface area contributed by atoms with Gasteiger partial charge in [0, 0.05) is 11.6 Å². The van der Waals surface area contributed by atoms with Gasteiger partial charge in [0.25, 0.3) is 5.91 Å². The summed E-state index contributed by atoms with van der Waals surface area (Å²) in [4.78, 5) is 22.1. The standard InChI is InChI=1S/C21H24N4O/c1-2-25-13-4-3-8-18(25)14-9-11-15(12-10-14)21-23-17-7-5-6-16(20(22)26)19(17)24-21/h5-7,9-12,18H,2-4,8,13H2,1H3,(H2,22,26)(H,23,24). The lowest BCUT2D eigenvalue weighted by Crippen LogP contribution is -2.33. The maximum Gasteiger partial charge on any atom is 0.250 e. The zero-order valence-electron chi connectivity index (χ0n) is 15.0. The number of aromatic amines is 1. The van der Waals surface area contributed by atoms with Crippen molar-refractivity contribution in [1.29, 1.82) is 0 Å². The minimum Gasteiger partial charge on any atom is -0.366 e. The first-order valence-electron chi connectivity index (χ1n) is 9.30. The lowest BCUT2D eigenvalue weighted by molar-refractivity contribution is 0.100. The van der Waals surface area contributed by atoms with Gasteiger partial charge in [0.15, 0.2) is 0 Å². The Morgan fingerprint density at radius 2 is 2.04 bits per heavy atom. The molecule has 0 aliphatic carbocycles. The number of fused-ring (bicyclic) bond motifs is 1. The van der Waals surface area contributed by atoms with Crippen molar-refractivity contribution in [2.24, 2.45) is 5.73 Å². The van der Waals surface area contributed by atoms with Crippen molar-refractivity contribution in [2.45, 2.75) is 32.2 Å². The molecule has 0 saturated carbocycles. The number of primary amides is 1. The van der Waals surface area contributed by atoms with E-state index >= 15 is 0 Å². The summed E-state index contributed by atoms with van der Waals surface area (Å²) in [5.41, 5.74) is 9.74. The number of carbonyl (C=O) groups excluding carboxylic acids is 1. The molecule has 0 bridgehead atoms. The number of likely N-dealkylation sites (tertiary alicyclic amines) is 1. The molecular weight excluding hydrogens is 324 g/mol. The largest absolute Gasteiger partial charge is 0.366 e. The maximum atomic E-state index is 11.6. The van der Waals surface area contributed by atoms with Crippen LogP contribution in [0.25, 0.3) is 22.4 Å². The van der Waals surface area contributed by atoms with Crippen LogP contribution in [0.4, 0.5) is 0 Å². The van der Waals surface area contributed by atoms with E-state index in [2.05, 4.69) is 46.1 Å². The van der Waals surface area contributed by atoms with Crippen LogP contribution in [0.2, 0.25) is 0 Å².